The van der Waals surface area contributed by atoms with E-state index < -0.39 is 18.2 Å². The van der Waals surface area contributed by atoms with Gasteiger partial charge in [0.15, 0.2) is 0 Å². The lowest BCUT2D eigenvalue weighted by molar-refractivity contribution is -0.139. The topological polar surface area (TPSA) is 123 Å². The lowest BCUT2D eigenvalue weighted by Crippen LogP contribution is -2.36. The van der Waals surface area contributed by atoms with E-state index in [1.165, 1.54) is 6.92 Å². The van der Waals surface area contributed by atoms with Gasteiger partial charge in [0.2, 0.25) is 0 Å². The molecule has 9 nitrogen and oxygen atoms in total. The van der Waals surface area contributed by atoms with Crippen LogP contribution in [-0.4, -0.2) is 62.8 Å². The van der Waals surface area contributed by atoms with E-state index in [9.17, 15) is 14.4 Å². The van der Waals surface area contributed by atoms with Crippen LogP contribution in [0.25, 0.3) is 0 Å². The van der Waals surface area contributed by atoms with Crippen LogP contribution in [0.2, 0.25) is 0 Å². The summed E-state index contributed by atoms with van der Waals surface area (Å²) in [6, 6.07) is 0. The largest absolute Gasteiger partial charge is 0.459 e. The van der Waals surface area contributed by atoms with Gasteiger partial charge in [0.1, 0.15) is 19.8 Å². The molecule has 0 fully saturated rings. The van der Waals surface area contributed by atoms with Crippen LogP contribution >= 0.6 is 0 Å². The zero-order valence-electron chi connectivity index (χ0n) is 17.3. The number of aliphatic hydroxyl groups is 1. The van der Waals surface area contributed by atoms with Crippen molar-refractivity contribution in [2.24, 2.45) is 11.3 Å². The van der Waals surface area contributed by atoms with Crippen molar-refractivity contribution >= 4 is 18.2 Å². The highest BCUT2D eigenvalue weighted by Crippen LogP contribution is 2.26. The fraction of sp³-hybridized carbons (Fsp3) is 0.737. The zero-order valence-corrected chi connectivity index (χ0v) is 17.3. The van der Waals surface area contributed by atoms with Crippen LogP contribution in [-0.2, 0) is 19.0 Å². The SMILES string of the molecule is C=C(C)C(=O)OCCOC(=O)NCC(C)(C)CC(C)CCNC(=O)OCCO. The molecular formula is C19H34N2O7. The molecule has 0 bridgehead atoms. The Kier molecular flexibility index (Phi) is 12.7. The molecule has 0 saturated heterocycles. The summed E-state index contributed by atoms with van der Waals surface area (Å²) in [5.41, 5.74) is 0.125. The molecule has 0 saturated carbocycles. The van der Waals surface area contributed by atoms with E-state index in [1.807, 2.05) is 13.8 Å². The minimum Gasteiger partial charge on any atom is -0.459 e. The van der Waals surface area contributed by atoms with Crippen molar-refractivity contribution in [1.82, 2.24) is 10.6 Å². The summed E-state index contributed by atoms with van der Waals surface area (Å²) in [7, 11) is 0. The van der Waals surface area contributed by atoms with E-state index in [-0.39, 0.29) is 37.4 Å². The van der Waals surface area contributed by atoms with Crippen LogP contribution in [0.4, 0.5) is 9.59 Å². The standard InChI is InChI=1S/C19H34N2O7/c1-14(2)16(23)26-10-11-28-18(25)21-13-19(4,5)12-15(3)6-7-20-17(24)27-9-8-22/h15,22H,1,6-13H2,2-5H3,(H,20,24)(H,21,25). The van der Waals surface area contributed by atoms with Gasteiger partial charge in [-0.25, -0.2) is 14.4 Å². The third-order valence-electron chi connectivity index (χ3n) is 3.74. The molecule has 0 heterocycles. The van der Waals surface area contributed by atoms with Crippen LogP contribution in [0, 0.1) is 11.3 Å². The molecule has 162 valence electrons. The Bertz CT molecular complexity index is 520. The average Bonchev–Trinajstić information content (AvgIpc) is 2.61. The Morgan fingerprint density at radius 2 is 1.61 bits per heavy atom. The van der Waals surface area contributed by atoms with Crippen molar-refractivity contribution in [3.63, 3.8) is 0 Å². The average molecular weight is 402 g/mol. The first-order chi connectivity index (χ1) is 13.1. The summed E-state index contributed by atoms with van der Waals surface area (Å²) >= 11 is 0. The van der Waals surface area contributed by atoms with Gasteiger partial charge in [-0.3, -0.25) is 0 Å². The van der Waals surface area contributed by atoms with Crippen molar-refractivity contribution in [1.29, 1.82) is 0 Å². The normalized spacial score (nSPS) is 11.9. The highest BCUT2D eigenvalue weighted by molar-refractivity contribution is 5.86. The molecule has 0 spiro atoms. The van der Waals surface area contributed by atoms with Gasteiger partial charge in [0.05, 0.1) is 6.61 Å². The summed E-state index contributed by atoms with van der Waals surface area (Å²) in [6.07, 6.45) is 0.479. The highest BCUT2D eigenvalue weighted by atomic mass is 16.6. The zero-order chi connectivity index (χ0) is 21.6. The van der Waals surface area contributed by atoms with E-state index in [0.29, 0.717) is 19.0 Å². The molecule has 1 unspecified atom stereocenters. The van der Waals surface area contributed by atoms with Gasteiger partial charge in [0, 0.05) is 18.7 Å². The predicted octanol–water partition coefficient (Wildman–Crippen LogP) is 1.99. The molecule has 0 rings (SSSR count). The molecule has 0 aliphatic rings. The molecule has 0 aliphatic carbocycles. The monoisotopic (exact) mass is 402 g/mol. The maximum absolute atomic E-state index is 11.7. The molecule has 0 aliphatic heterocycles. The van der Waals surface area contributed by atoms with Crippen LogP contribution in [0.5, 0.6) is 0 Å². The second-order valence-electron chi connectivity index (χ2n) is 7.45. The minimum atomic E-state index is -0.569. The Hall–Kier alpha value is -2.29. The fourth-order valence-corrected chi connectivity index (χ4v) is 2.48. The number of amides is 2. The summed E-state index contributed by atoms with van der Waals surface area (Å²) < 4.78 is 14.5. The molecule has 1 atom stereocenters. The number of hydrogen-bond donors (Lipinski definition) is 3. The number of nitrogens with one attached hydrogen (secondary N) is 2. The summed E-state index contributed by atoms with van der Waals surface area (Å²) in [6.45, 7) is 11.7. The molecule has 0 aromatic rings. The maximum atomic E-state index is 11.7. The molecular weight excluding hydrogens is 368 g/mol. The van der Waals surface area contributed by atoms with E-state index in [2.05, 4.69) is 24.1 Å². The third kappa shape index (κ3) is 13.9. The van der Waals surface area contributed by atoms with Crippen molar-refractivity contribution in [3.8, 4) is 0 Å². The number of ether oxygens (including phenoxy) is 3. The predicted molar refractivity (Wildman–Crippen MR) is 104 cm³/mol. The van der Waals surface area contributed by atoms with Crippen molar-refractivity contribution in [2.45, 2.75) is 40.5 Å². The smallest absolute Gasteiger partial charge is 0.407 e. The molecule has 0 aromatic heterocycles. The van der Waals surface area contributed by atoms with Gasteiger partial charge >= 0.3 is 18.2 Å². The summed E-state index contributed by atoms with van der Waals surface area (Å²) in [5.74, 6) is -0.206. The van der Waals surface area contributed by atoms with Gasteiger partial charge in [-0.1, -0.05) is 27.4 Å². The molecule has 9 heteroatoms. The summed E-state index contributed by atoms with van der Waals surface area (Å²) in [4.78, 5) is 34.2. The first-order valence-corrected chi connectivity index (χ1v) is 9.32. The van der Waals surface area contributed by atoms with Crippen molar-refractivity contribution in [2.75, 3.05) is 39.5 Å². The van der Waals surface area contributed by atoms with Gasteiger partial charge < -0.3 is 30.0 Å². The van der Waals surface area contributed by atoms with Crippen molar-refractivity contribution in [3.05, 3.63) is 12.2 Å². The van der Waals surface area contributed by atoms with Crippen LogP contribution < -0.4 is 10.6 Å². The third-order valence-corrected chi connectivity index (χ3v) is 3.74. The van der Waals surface area contributed by atoms with E-state index in [1.54, 1.807) is 0 Å². The minimum absolute atomic E-state index is 0.0206. The molecule has 28 heavy (non-hydrogen) atoms. The molecule has 3 N–H and O–H groups in total. The van der Waals surface area contributed by atoms with Gasteiger partial charge in [0.25, 0.3) is 0 Å². The molecule has 0 radical (unpaired) electrons. The highest BCUT2D eigenvalue weighted by Gasteiger charge is 2.22. The first kappa shape index (κ1) is 25.7. The first-order valence-electron chi connectivity index (χ1n) is 9.32. The van der Waals surface area contributed by atoms with E-state index in [0.717, 1.165) is 12.8 Å². The molecule has 2 amide bonds. The van der Waals surface area contributed by atoms with Crippen molar-refractivity contribution < 1.29 is 33.7 Å². The van der Waals surface area contributed by atoms with Gasteiger partial charge in [-0.2, -0.15) is 0 Å². The Morgan fingerprint density at radius 3 is 2.21 bits per heavy atom. The lowest BCUT2D eigenvalue weighted by atomic mass is 9.82. The Morgan fingerprint density at radius 1 is 1.04 bits per heavy atom. The van der Waals surface area contributed by atoms with Crippen LogP contribution in [0.3, 0.4) is 0 Å². The van der Waals surface area contributed by atoms with E-state index in [4.69, 9.17) is 19.3 Å². The Balaban J connectivity index is 3.95. The quantitative estimate of drug-likeness (QED) is 0.186. The number of carbonyl (C=O) groups excluding carboxylic acids is 3. The van der Waals surface area contributed by atoms with Crippen LogP contribution in [0.1, 0.15) is 40.5 Å². The van der Waals surface area contributed by atoms with E-state index >= 15 is 0 Å². The Labute approximate surface area is 166 Å². The number of rotatable bonds is 13. The number of alkyl carbamates (subject to hydrolysis) is 2. The van der Waals surface area contributed by atoms with Gasteiger partial charge in [-0.05, 0) is 31.1 Å². The number of aliphatic hydroxyl groups excluding tert-OH is 1. The maximum Gasteiger partial charge on any atom is 0.407 e. The fourth-order valence-electron chi connectivity index (χ4n) is 2.48. The molecule has 0 aromatic carbocycles. The number of esters is 1. The second kappa shape index (κ2) is 13.8. The second-order valence-corrected chi connectivity index (χ2v) is 7.45. The lowest BCUT2D eigenvalue weighted by Gasteiger charge is -2.28. The summed E-state index contributed by atoms with van der Waals surface area (Å²) in [5, 5.41) is 13.9. The number of carbonyl (C=O) groups is 3. The van der Waals surface area contributed by atoms with Crippen LogP contribution in [0.15, 0.2) is 12.2 Å². The number of hydrogen-bond acceptors (Lipinski definition) is 7. The van der Waals surface area contributed by atoms with Gasteiger partial charge in [-0.15, -0.1) is 0 Å².